The summed E-state index contributed by atoms with van der Waals surface area (Å²) >= 11 is 0. The third-order valence-corrected chi connectivity index (χ3v) is 5.44. The minimum atomic E-state index is -5.02. The molecule has 32 heavy (non-hydrogen) atoms. The first-order valence-corrected chi connectivity index (χ1v) is 9.58. The van der Waals surface area contributed by atoms with Gasteiger partial charge in [-0.2, -0.15) is 31.4 Å². The lowest BCUT2D eigenvalue weighted by atomic mass is 9.85. The summed E-state index contributed by atoms with van der Waals surface area (Å²) in [5.41, 5.74) is -1.20. The third-order valence-electron chi connectivity index (χ3n) is 5.44. The lowest BCUT2D eigenvalue weighted by Gasteiger charge is -2.34. The van der Waals surface area contributed by atoms with Crippen LogP contribution in [0, 0.1) is 0 Å². The van der Waals surface area contributed by atoms with E-state index in [9.17, 15) is 31.1 Å². The Kier molecular flexibility index (Phi) is 5.26. The van der Waals surface area contributed by atoms with E-state index in [1.807, 2.05) is 12.1 Å². The van der Waals surface area contributed by atoms with Crippen molar-refractivity contribution in [2.75, 3.05) is 6.54 Å². The molecule has 1 aliphatic heterocycles. The normalized spacial score (nSPS) is 16.7. The second kappa shape index (κ2) is 7.68. The molecule has 3 aromatic rings. The molecule has 0 radical (unpaired) electrons. The number of amides is 1. The number of hydrogen-bond donors (Lipinski definition) is 0. The minimum Gasteiger partial charge on any atom is -0.333 e. The van der Waals surface area contributed by atoms with E-state index in [4.69, 9.17) is 0 Å². The SMILES string of the molecule is Cn1cc(C2CN(C(=O)c3cc(C(F)(F)F)cc(C(F)(F)F)c3)Cc3ccccc32)cn1. The zero-order valence-corrected chi connectivity index (χ0v) is 16.7. The second-order valence-corrected chi connectivity index (χ2v) is 7.68. The highest BCUT2D eigenvalue weighted by Crippen LogP contribution is 2.38. The Morgan fingerprint density at radius 2 is 1.62 bits per heavy atom. The summed E-state index contributed by atoms with van der Waals surface area (Å²) in [7, 11) is 1.72. The van der Waals surface area contributed by atoms with Crippen molar-refractivity contribution in [2.45, 2.75) is 24.8 Å². The van der Waals surface area contributed by atoms with E-state index < -0.39 is 35.0 Å². The maximum atomic E-state index is 13.2. The van der Waals surface area contributed by atoms with Crippen LogP contribution in [0.25, 0.3) is 0 Å². The summed E-state index contributed by atoms with van der Waals surface area (Å²) in [5, 5.41) is 4.13. The Labute approximate surface area is 179 Å². The van der Waals surface area contributed by atoms with Crippen LogP contribution >= 0.6 is 0 Å². The summed E-state index contributed by atoms with van der Waals surface area (Å²) in [4.78, 5) is 14.4. The highest BCUT2D eigenvalue weighted by atomic mass is 19.4. The monoisotopic (exact) mass is 453 g/mol. The molecule has 0 fully saturated rings. The van der Waals surface area contributed by atoms with Crippen molar-refractivity contribution in [3.63, 3.8) is 0 Å². The molecule has 0 spiro atoms. The van der Waals surface area contributed by atoms with E-state index in [0.29, 0.717) is 12.1 Å². The van der Waals surface area contributed by atoms with Gasteiger partial charge in [0.2, 0.25) is 0 Å². The number of rotatable bonds is 2. The van der Waals surface area contributed by atoms with Crippen LogP contribution in [0.1, 0.15) is 44.1 Å². The van der Waals surface area contributed by atoms with Gasteiger partial charge in [0.05, 0.1) is 17.3 Å². The van der Waals surface area contributed by atoms with Gasteiger partial charge in [0, 0.05) is 37.8 Å². The number of alkyl halides is 6. The second-order valence-electron chi connectivity index (χ2n) is 7.68. The Bertz CT molecular complexity index is 1130. The fourth-order valence-corrected chi connectivity index (χ4v) is 3.93. The molecule has 1 aliphatic rings. The number of halogens is 6. The summed E-state index contributed by atoms with van der Waals surface area (Å²) in [6.45, 7) is 0.169. The van der Waals surface area contributed by atoms with Crippen LogP contribution in [0.3, 0.4) is 0 Å². The van der Waals surface area contributed by atoms with E-state index in [2.05, 4.69) is 5.10 Å². The average Bonchev–Trinajstić information content (AvgIpc) is 3.17. The van der Waals surface area contributed by atoms with E-state index in [1.54, 1.807) is 36.3 Å². The highest BCUT2D eigenvalue weighted by Gasteiger charge is 2.38. The van der Waals surface area contributed by atoms with Crippen molar-refractivity contribution in [1.29, 1.82) is 0 Å². The van der Waals surface area contributed by atoms with Gasteiger partial charge in [-0.25, -0.2) is 0 Å². The molecular weight excluding hydrogens is 436 g/mol. The molecule has 0 bridgehead atoms. The summed E-state index contributed by atoms with van der Waals surface area (Å²) in [6.07, 6.45) is -6.66. The molecule has 1 amide bonds. The van der Waals surface area contributed by atoms with Gasteiger partial charge in [0.1, 0.15) is 0 Å². The first-order chi connectivity index (χ1) is 14.9. The molecular formula is C22H17F6N3O. The van der Waals surface area contributed by atoms with Gasteiger partial charge in [0.15, 0.2) is 0 Å². The molecule has 168 valence electrons. The summed E-state index contributed by atoms with van der Waals surface area (Å²) < 4.78 is 80.9. The average molecular weight is 453 g/mol. The molecule has 10 heteroatoms. The Morgan fingerprint density at radius 3 is 2.19 bits per heavy atom. The van der Waals surface area contributed by atoms with Crippen LogP contribution in [-0.4, -0.2) is 27.1 Å². The predicted molar refractivity (Wildman–Crippen MR) is 103 cm³/mol. The number of aryl methyl sites for hydroxylation is 1. The first kappa shape index (κ1) is 21.9. The maximum absolute atomic E-state index is 13.2. The van der Waals surface area contributed by atoms with Crippen LogP contribution in [0.2, 0.25) is 0 Å². The maximum Gasteiger partial charge on any atom is 0.416 e. The third kappa shape index (κ3) is 4.21. The van der Waals surface area contributed by atoms with Gasteiger partial charge in [-0.3, -0.25) is 9.48 Å². The Hall–Kier alpha value is -3.30. The number of nitrogens with zero attached hydrogens (tertiary/aromatic N) is 3. The molecule has 4 rings (SSSR count). The largest absolute Gasteiger partial charge is 0.416 e. The lowest BCUT2D eigenvalue weighted by Crippen LogP contribution is -2.38. The number of carbonyl (C=O) groups is 1. The van der Waals surface area contributed by atoms with Gasteiger partial charge in [0.25, 0.3) is 5.91 Å². The topological polar surface area (TPSA) is 38.1 Å². The summed E-state index contributed by atoms with van der Waals surface area (Å²) in [5.74, 6) is -1.21. The van der Waals surface area contributed by atoms with Crippen LogP contribution in [0.4, 0.5) is 26.3 Å². The van der Waals surface area contributed by atoms with Gasteiger partial charge in [-0.15, -0.1) is 0 Å². The van der Waals surface area contributed by atoms with Crippen LogP contribution in [0.5, 0.6) is 0 Å². The van der Waals surface area contributed by atoms with Gasteiger partial charge < -0.3 is 4.90 Å². The molecule has 2 aromatic carbocycles. The molecule has 1 aromatic heterocycles. The fraction of sp³-hybridized carbons (Fsp3) is 0.273. The lowest BCUT2D eigenvalue weighted by molar-refractivity contribution is -0.143. The molecule has 4 nitrogen and oxygen atoms in total. The fourth-order valence-electron chi connectivity index (χ4n) is 3.93. The van der Waals surface area contributed by atoms with Crippen molar-refractivity contribution in [2.24, 2.45) is 7.05 Å². The molecule has 0 aliphatic carbocycles. The predicted octanol–water partition coefficient (Wildman–Crippen LogP) is 5.25. The minimum absolute atomic E-state index is 0.0146. The van der Waals surface area contributed by atoms with Gasteiger partial charge in [-0.1, -0.05) is 24.3 Å². The number of fused-ring (bicyclic) bond motifs is 1. The smallest absolute Gasteiger partial charge is 0.333 e. The standard InChI is InChI=1S/C22H17F6N3O/c1-30-10-15(9-29-30)19-12-31(11-13-4-2-3-5-18(13)19)20(32)14-6-16(21(23,24)25)8-17(7-14)22(26,27)28/h2-10,19H,11-12H2,1H3. The molecule has 1 atom stereocenters. The number of hydrogen-bond acceptors (Lipinski definition) is 2. The highest BCUT2D eigenvalue weighted by molar-refractivity contribution is 5.95. The number of carbonyl (C=O) groups excluding carboxylic acids is 1. The molecule has 0 saturated heterocycles. The number of aromatic nitrogens is 2. The van der Waals surface area contributed by atoms with E-state index in [-0.39, 0.29) is 25.1 Å². The van der Waals surface area contributed by atoms with Crippen molar-refractivity contribution < 1.29 is 31.1 Å². The molecule has 0 saturated carbocycles. The van der Waals surface area contributed by atoms with Gasteiger partial charge in [-0.05, 0) is 34.9 Å². The molecule has 2 heterocycles. The van der Waals surface area contributed by atoms with E-state index >= 15 is 0 Å². The first-order valence-electron chi connectivity index (χ1n) is 9.58. The Morgan fingerprint density at radius 1 is 1.00 bits per heavy atom. The zero-order chi connectivity index (χ0) is 23.3. The zero-order valence-electron chi connectivity index (χ0n) is 16.7. The van der Waals surface area contributed by atoms with Crippen LogP contribution < -0.4 is 0 Å². The molecule has 0 N–H and O–H groups in total. The number of benzene rings is 2. The van der Waals surface area contributed by atoms with Crippen LogP contribution in [-0.2, 0) is 25.9 Å². The van der Waals surface area contributed by atoms with Crippen LogP contribution in [0.15, 0.2) is 54.9 Å². The van der Waals surface area contributed by atoms with E-state index in [1.165, 1.54) is 4.90 Å². The molecule has 1 unspecified atom stereocenters. The van der Waals surface area contributed by atoms with Crippen molar-refractivity contribution in [3.05, 3.63) is 88.2 Å². The van der Waals surface area contributed by atoms with Crippen molar-refractivity contribution >= 4 is 5.91 Å². The summed E-state index contributed by atoms with van der Waals surface area (Å²) in [6, 6.07) is 8.22. The van der Waals surface area contributed by atoms with Gasteiger partial charge >= 0.3 is 12.4 Å². The van der Waals surface area contributed by atoms with Crippen molar-refractivity contribution in [1.82, 2.24) is 14.7 Å². The van der Waals surface area contributed by atoms with E-state index in [0.717, 1.165) is 16.7 Å². The quantitative estimate of drug-likeness (QED) is 0.498. The Balaban J connectivity index is 1.75. The van der Waals surface area contributed by atoms with Crippen molar-refractivity contribution in [3.8, 4) is 0 Å².